The van der Waals surface area contributed by atoms with Gasteiger partial charge in [0.05, 0.1) is 53.5 Å². The molecule has 0 saturated carbocycles. The van der Waals surface area contributed by atoms with Crippen LogP contribution in [0.1, 0.15) is 39.4 Å². The second-order valence-electron chi connectivity index (χ2n) is 8.32. The predicted octanol–water partition coefficient (Wildman–Crippen LogP) is 3.69. The molecule has 3 heterocycles. The molecule has 4 N–H and O–H groups in total. The molecule has 1 atom stereocenters. The topological polar surface area (TPSA) is 132 Å². The van der Waals surface area contributed by atoms with E-state index in [4.69, 9.17) is 10.5 Å². The number of anilines is 2. The number of primary amides is 1. The fourth-order valence-corrected chi connectivity index (χ4v) is 3.43. The van der Waals surface area contributed by atoms with E-state index in [1.807, 2.05) is 0 Å². The monoisotopic (exact) mass is 516 g/mol. The number of nitrogens with zero attached hydrogens (tertiary/aromatic N) is 3. The first-order valence-electron chi connectivity index (χ1n) is 11.4. The molecule has 1 aliphatic rings. The number of hydrogen-bond acceptors (Lipinski definition) is 7. The Labute approximate surface area is 211 Å². The molecule has 37 heavy (non-hydrogen) atoms. The molecule has 0 bridgehead atoms. The van der Waals surface area contributed by atoms with Gasteiger partial charge in [-0.25, -0.2) is 9.97 Å². The SMILES string of the molecule is Cc1cc(Nc2ccccc2C(F)(F)F)cnc1CNC(=O)[C@@H]1CCOC1.Cc1ncc(C(N)=O)cn1. The lowest BCUT2D eigenvalue weighted by Crippen LogP contribution is -2.31. The third-order valence-electron chi connectivity index (χ3n) is 5.49. The number of para-hydroxylation sites is 1. The summed E-state index contributed by atoms with van der Waals surface area (Å²) in [6.45, 7) is 4.83. The second kappa shape index (κ2) is 12.3. The summed E-state index contributed by atoms with van der Waals surface area (Å²) in [4.78, 5) is 34.3. The number of halogens is 3. The molecule has 1 fully saturated rings. The summed E-state index contributed by atoms with van der Waals surface area (Å²) in [5.41, 5.74) is 6.39. The third-order valence-corrected chi connectivity index (χ3v) is 5.49. The summed E-state index contributed by atoms with van der Waals surface area (Å²) < 4.78 is 44.5. The van der Waals surface area contributed by atoms with Crippen LogP contribution in [-0.4, -0.2) is 40.0 Å². The summed E-state index contributed by atoms with van der Waals surface area (Å²) in [5, 5.41) is 5.60. The minimum Gasteiger partial charge on any atom is -0.381 e. The number of carbonyl (C=O) groups is 2. The number of hydrogen-bond donors (Lipinski definition) is 3. The normalized spacial score (nSPS) is 14.9. The van der Waals surface area contributed by atoms with E-state index in [0.717, 1.165) is 11.6 Å². The second-order valence-corrected chi connectivity index (χ2v) is 8.32. The van der Waals surface area contributed by atoms with Crippen molar-refractivity contribution < 1.29 is 27.5 Å². The summed E-state index contributed by atoms with van der Waals surface area (Å²) in [6, 6.07) is 6.99. The van der Waals surface area contributed by atoms with Crippen LogP contribution >= 0.6 is 0 Å². The highest BCUT2D eigenvalue weighted by atomic mass is 19.4. The van der Waals surface area contributed by atoms with E-state index in [-0.39, 0.29) is 24.1 Å². The van der Waals surface area contributed by atoms with Crippen molar-refractivity contribution in [2.75, 3.05) is 18.5 Å². The number of alkyl halides is 3. The number of aromatic nitrogens is 3. The summed E-state index contributed by atoms with van der Waals surface area (Å²) in [6.07, 6.45) is 0.537. The van der Waals surface area contributed by atoms with Gasteiger partial charge in [-0.1, -0.05) is 12.1 Å². The van der Waals surface area contributed by atoms with Gasteiger partial charge in [-0.05, 0) is 44.0 Å². The molecule has 0 radical (unpaired) electrons. The fraction of sp³-hybridized carbons (Fsp3) is 0.320. The van der Waals surface area contributed by atoms with Crippen LogP contribution in [0.15, 0.2) is 48.9 Å². The first kappa shape index (κ1) is 27.5. The third kappa shape index (κ3) is 7.97. The van der Waals surface area contributed by atoms with E-state index in [0.29, 0.717) is 42.4 Å². The number of rotatable bonds is 6. The Kier molecular flexibility index (Phi) is 9.12. The number of nitrogens with one attached hydrogen (secondary N) is 2. The van der Waals surface area contributed by atoms with Crippen LogP contribution in [-0.2, 0) is 22.3 Å². The Hall–Kier alpha value is -4.06. The fourth-order valence-electron chi connectivity index (χ4n) is 3.43. The molecule has 2 amide bonds. The average Bonchev–Trinajstić information content (AvgIpc) is 3.39. The van der Waals surface area contributed by atoms with Gasteiger partial charge in [-0.15, -0.1) is 0 Å². The van der Waals surface area contributed by atoms with Crippen molar-refractivity contribution in [3.63, 3.8) is 0 Å². The molecule has 1 saturated heterocycles. The van der Waals surface area contributed by atoms with Crippen molar-refractivity contribution in [3.8, 4) is 0 Å². The highest BCUT2D eigenvalue weighted by molar-refractivity contribution is 5.92. The molecular weight excluding hydrogens is 489 g/mol. The van der Waals surface area contributed by atoms with Crippen molar-refractivity contribution in [2.24, 2.45) is 11.7 Å². The zero-order valence-corrected chi connectivity index (χ0v) is 20.3. The summed E-state index contributed by atoms with van der Waals surface area (Å²) in [7, 11) is 0. The molecule has 0 unspecified atom stereocenters. The zero-order chi connectivity index (χ0) is 27.0. The smallest absolute Gasteiger partial charge is 0.381 e. The van der Waals surface area contributed by atoms with Crippen molar-refractivity contribution in [1.29, 1.82) is 0 Å². The van der Waals surface area contributed by atoms with Crippen molar-refractivity contribution >= 4 is 23.2 Å². The van der Waals surface area contributed by atoms with Crippen LogP contribution in [0.3, 0.4) is 0 Å². The number of carbonyl (C=O) groups excluding carboxylic acids is 2. The molecule has 9 nitrogen and oxygen atoms in total. The minimum atomic E-state index is -4.44. The molecule has 196 valence electrons. The van der Waals surface area contributed by atoms with E-state index in [9.17, 15) is 22.8 Å². The molecule has 4 rings (SSSR count). The maximum atomic E-state index is 13.1. The van der Waals surface area contributed by atoms with Crippen LogP contribution in [0.25, 0.3) is 0 Å². The lowest BCUT2D eigenvalue weighted by molar-refractivity contribution is -0.137. The lowest BCUT2D eigenvalue weighted by atomic mass is 10.1. The van der Waals surface area contributed by atoms with Crippen molar-refractivity contribution in [2.45, 2.75) is 33.0 Å². The first-order chi connectivity index (χ1) is 17.5. The molecule has 3 aromatic rings. The van der Waals surface area contributed by atoms with Gasteiger partial charge in [0.2, 0.25) is 5.91 Å². The maximum absolute atomic E-state index is 13.1. The van der Waals surface area contributed by atoms with Gasteiger partial charge < -0.3 is 21.1 Å². The largest absolute Gasteiger partial charge is 0.418 e. The first-order valence-corrected chi connectivity index (χ1v) is 11.4. The predicted molar refractivity (Wildman–Crippen MR) is 130 cm³/mol. The van der Waals surface area contributed by atoms with E-state index in [1.165, 1.54) is 36.8 Å². The van der Waals surface area contributed by atoms with Crippen LogP contribution in [0, 0.1) is 19.8 Å². The Morgan fingerprint density at radius 1 is 1.11 bits per heavy atom. The molecule has 1 aromatic carbocycles. The highest BCUT2D eigenvalue weighted by Gasteiger charge is 2.33. The number of aryl methyl sites for hydroxylation is 2. The van der Waals surface area contributed by atoms with Crippen LogP contribution < -0.4 is 16.4 Å². The molecular formula is C25H27F3N6O3. The van der Waals surface area contributed by atoms with Gasteiger partial charge in [0.25, 0.3) is 5.91 Å². The van der Waals surface area contributed by atoms with Crippen LogP contribution in [0.4, 0.5) is 24.5 Å². The summed E-state index contributed by atoms with van der Waals surface area (Å²) in [5.74, 6) is -0.0786. The number of ether oxygens (including phenoxy) is 1. The maximum Gasteiger partial charge on any atom is 0.418 e. The Morgan fingerprint density at radius 3 is 2.41 bits per heavy atom. The van der Waals surface area contributed by atoms with Gasteiger partial charge in [0, 0.05) is 19.0 Å². The Bertz CT molecular complexity index is 1230. The van der Waals surface area contributed by atoms with Gasteiger partial charge in [0.1, 0.15) is 5.82 Å². The quantitative estimate of drug-likeness (QED) is 0.455. The van der Waals surface area contributed by atoms with Crippen LogP contribution in [0.5, 0.6) is 0 Å². The minimum absolute atomic E-state index is 0.0338. The Balaban J connectivity index is 0.000000319. The zero-order valence-electron chi connectivity index (χ0n) is 20.3. The molecule has 0 spiro atoms. The van der Waals surface area contributed by atoms with Gasteiger partial charge in [-0.3, -0.25) is 14.6 Å². The van der Waals surface area contributed by atoms with Gasteiger partial charge in [0.15, 0.2) is 0 Å². The lowest BCUT2D eigenvalue weighted by Gasteiger charge is -2.15. The van der Waals surface area contributed by atoms with Gasteiger partial charge >= 0.3 is 6.18 Å². The standard InChI is InChI=1S/C19H20F3N3O2.C6H7N3O/c1-12-8-14(25-16-5-3-2-4-15(16)19(20,21)22)9-23-17(12)10-24-18(26)13-6-7-27-11-13;1-4-8-2-5(3-9-4)6(7)10/h2-5,8-9,13,25H,6-7,10-11H2,1H3,(H,24,26);2-3H,1H3,(H2,7,10)/t13-;/m1./s1. The highest BCUT2D eigenvalue weighted by Crippen LogP contribution is 2.35. The number of nitrogens with two attached hydrogens (primary N) is 1. The molecule has 12 heteroatoms. The molecule has 0 aliphatic carbocycles. The van der Waals surface area contributed by atoms with Crippen LogP contribution in [0.2, 0.25) is 0 Å². The van der Waals surface area contributed by atoms with Crippen molar-refractivity contribution in [1.82, 2.24) is 20.3 Å². The van der Waals surface area contributed by atoms with E-state index in [1.54, 1.807) is 19.9 Å². The van der Waals surface area contributed by atoms with Crippen molar-refractivity contribution in [3.05, 3.63) is 77.1 Å². The number of amides is 2. The van der Waals surface area contributed by atoms with E-state index >= 15 is 0 Å². The molecule has 1 aliphatic heterocycles. The van der Waals surface area contributed by atoms with Gasteiger partial charge in [-0.2, -0.15) is 13.2 Å². The Morgan fingerprint density at radius 2 is 1.81 bits per heavy atom. The van der Waals surface area contributed by atoms with E-state index in [2.05, 4.69) is 25.6 Å². The number of benzene rings is 1. The molecule has 2 aromatic heterocycles. The summed E-state index contributed by atoms with van der Waals surface area (Å²) >= 11 is 0. The average molecular weight is 517 g/mol. The van der Waals surface area contributed by atoms with E-state index < -0.39 is 17.6 Å². The number of pyridine rings is 1.